The van der Waals surface area contributed by atoms with Crippen molar-refractivity contribution in [2.75, 3.05) is 11.9 Å². The normalized spacial score (nSPS) is 11.4. The van der Waals surface area contributed by atoms with E-state index in [4.69, 9.17) is 11.6 Å². The summed E-state index contributed by atoms with van der Waals surface area (Å²) in [4.78, 5) is 11.7. The molecule has 0 radical (unpaired) electrons. The molecular weight excluding hydrogens is 260 g/mol. The molecule has 0 aliphatic rings. The van der Waals surface area contributed by atoms with E-state index in [1.165, 1.54) is 0 Å². The third kappa shape index (κ3) is 5.93. The highest BCUT2D eigenvalue weighted by Gasteiger charge is 2.01. The van der Waals surface area contributed by atoms with Crippen molar-refractivity contribution in [3.63, 3.8) is 0 Å². The first-order chi connectivity index (χ1) is 9.15. The number of carbonyl (C=O) groups is 1. The Hall–Kier alpha value is -2.00. The highest BCUT2D eigenvalue weighted by atomic mass is 35.5. The third-order valence-electron chi connectivity index (χ3n) is 2.32. The smallest absolute Gasteiger partial charge is 0.319 e. The standard InChI is InChI=1S/C15H17ClN2O/c1-3-5-6-12(4-2)11-17-15(19)18-14-9-7-13(16)8-10-14/h3-10H,2,11H2,1H3,(H2,17,18,19)/b5-3-,12-6+. The highest BCUT2D eigenvalue weighted by Crippen LogP contribution is 2.13. The van der Waals surface area contributed by atoms with Gasteiger partial charge >= 0.3 is 6.03 Å². The van der Waals surface area contributed by atoms with Gasteiger partial charge in [0.15, 0.2) is 0 Å². The van der Waals surface area contributed by atoms with Gasteiger partial charge in [0.25, 0.3) is 0 Å². The first kappa shape index (κ1) is 15.1. The van der Waals surface area contributed by atoms with Crippen LogP contribution in [0, 0.1) is 0 Å². The number of benzene rings is 1. The maximum Gasteiger partial charge on any atom is 0.319 e. The molecule has 1 aromatic rings. The fraction of sp³-hybridized carbons (Fsp3) is 0.133. The molecule has 0 bridgehead atoms. The van der Waals surface area contributed by atoms with Crippen LogP contribution in [0.3, 0.4) is 0 Å². The summed E-state index contributed by atoms with van der Waals surface area (Å²) in [6.07, 6.45) is 7.42. The van der Waals surface area contributed by atoms with Crippen LogP contribution in [-0.4, -0.2) is 12.6 Å². The molecule has 2 amide bonds. The van der Waals surface area contributed by atoms with Crippen LogP contribution in [0.4, 0.5) is 10.5 Å². The first-order valence-corrected chi connectivity index (χ1v) is 6.28. The molecule has 0 unspecified atom stereocenters. The Morgan fingerprint density at radius 3 is 2.63 bits per heavy atom. The third-order valence-corrected chi connectivity index (χ3v) is 2.57. The van der Waals surface area contributed by atoms with Crippen molar-refractivity contribution in [1.82, 2.24) is 5.32 Å². The van der Waals surface area contributed by atoms with Gasteiger partial charge in [-0.15, -0.1) is 0 Å². The van der Waals surface area contributed by atoms with Crippen molar-refractivity contribution in [2.45, 2.75) is 6.92 Å². The Labute approximate surface area is 118 Å². The van der Waals surface area contributed by atoms with Crippen LogP contribution in [0.15, 0.2) is 60.7 Å². The molecule has 100 valence electrons. The molecule has 4 heteroatoms. The van der Waals surface area contributed by atoms with E-state index in [9.17, 15) is 4.79 Å². The lowest BCUT2D eigenvalue weighted by atomic mass is 10.2. The summed E-state index contributed by atoms with van der Waals surface area (Å²) in [5.41, 5.74) is 1.63. The molecule has 0 saturated heterocycles. The highest BCUT2D eigenvalue weighted by molar-refractivity contribution is 6.30. The summed E-state index contributed by atoms with van der Waals surface area (Å²) in [7, 11) is 0. The van der Waals surface area contributed by atoms with E-state index in [0.717, 1.165) is 5.57 Å². The lowest BCUT2D eigenvalue weighted by Crippen LogP contribution is -2.30. The molecule has 0 spiro atoms. The molecule has 0 heterocycles. The van der Waals surface area contributed by atoms with Gasteiger partial charge in [0.1, 0.15) is 0 Å². The first-order valence-electron chi connectivity index (χ1n) is 5.90. The maximum atomic E-state index is 11.7. The minimum absolute atomic E-state index is 0.268. The molecule has 3 nitrogen and oxygen atoms in total. The second-order valence-electron chi connectivity index (χ2n) is 3.79. The average molecular weight is 277 g/mol. The zero-order valence-electron chi connectivity index (χ0n) is 10.8. The molecule has 19 heavy (non-hydrogen) atoms. The number of halogens is 1. The number of hydrogen-bond donors (Lipinski definition) is 2. The molecule has 0 aliphatic carbocycles. The Morgan fingerprint density at radius 1 is 1.37 bits per heavy atom. The summed E-state index contributed by atoms with van der Waals surface area (Å²) >= 11 is 5.76. The topological polar surface area (TPSA) is 41.1 Å². The predicted molar refractivity (Wildman–Crippen MR) is 81.6 cm³/mol. The zero-order valence-corrected chi connectivity index (χ0v) is 11.6. The van der Waals surface area contributed by atoms with Crippen LogP contribution in [0.5, 0.6) is 0 Å². The minimum atomic E-state index is -0.268. The van der Waals surface area contributed by atoms with Gasteiger partial charge in [-0.3, -0.25) is 0 Å². The lowest BCUT2D eigenvalue weighted by Gasteiger charge is -2.08. The van der Waals surface area contributed by atoms with E-state index < -0.39 is 0 Å². The van der Waals surface area contributed by atoms with Crippen LogP contribution in [0.2, 0.25) is 5.02 Å². The summed E-state index contributed by atoms with van der Waals surface area (Å²) in [5.74, 6) is 0. The molecule has 1 aromatic carbocycles. The number of amides is 2. The Bertz CT molecular complexity index is 489. The van der Waals surface area contributed by atoms with Crippen LogP contribution >= 0.6 is 11.6 Å². The zero-order chi connectivity index (χ0) is 14.1. The number of allylic oxidation sites excluding steroid dienone is 3. The molecule has 2 N–H and O–H groups in total. The maximum absolute atomic E-state index is 11.7. The lowest BCUT2D eigenvalue weighted by molar-refractivity contribution is 0.253. The van der Waals surface area contributed by atoms with E-state index in [1.807, 2.05) is 25.2 Å². The second kappa shape index (κ2) is 8.16. The number of hydrogen-bond acceptors (Lipinski definition) is 1. The Balaban J connectivity index is 2.47. The minimum Gasteiger partial charge on any atom is -0.334 e. The number of carbonyl (C=O) groups excluding carboxylic acids is 1. The summed E-state index contributed by atoms with van der Waals surface area (Å²) in [6, 6.07) is 6.66. The predicted octanol–water partition coefficient (Wildman–Crippen LogP) is 4.15. The van der Waals surface area contributed by atoms with E-state index in [0.29, 0.717) is 17.3 Å². The van der Waals surface area contributed by atoms with Crippen molar-refractivity contribution >= 4 is 23.3 Å². The molecule has 1 rings (SSSR count). The van der Waals surface area contributed by atoms with E-state index in [2.05, 4.69) is 17.2 Å². The summed E-state index contributed by atoms with van der Waals surface area (Å²) < 4.78 is 0. The molecule has 0 fully saturated rings. The number of rotatable bonds is 5. The molecule has 0 atom stereocenters. The van der Waals surface area contributed by atoms with Gasteiger partial charge in [-0.2, -0.15) is 0 Å². The van der Waals surface area contributed by atoms with Crippen molar-refractivity contribution in [3.8, 4) is 0 Å². The van der Waals surface area contributed by atoms with E-state index in [-0.39, 0.29) is 6.03 Å². The molecule has 0 aromatic heterocycles. The van der Waals surface area contributed by atoms with Gasteiger partial charge in [-0.1, -0.05) is 42.5 Å². The van der Waals surface area contributed by atoms with Crippen LogP contribution < -0.4 is 10.6 Å². The van der Waals surface area contributed by atoms with E-state index >= 15 is 0 Å². The SMILES string of the molecule is C=C/C(=C\C=C/C)CNC(=O)Nc1ccc(Cl)cc1. The van der Waals surface area contributed by atoms with Gasteiger partial charge in [0.2, 0.25) is 0 Å². The second-order valence-corrected chi connectivity index (χ2v) is 4.22. The van der Waals surface area contributed by atoms with Crippen molar-refractivity contribution < 1.29 is 4.79 Å². The van der Waals surface area contributed by atoms with Crippen LogP contribution in [0.1, 0.15) is 6.92 Å². The number of nitrogens with one attached hydrogen (secondary N) is 2. The fourth-order valence-corrected chi connectivity index (χ4v) is 1.44. The summed E-state index contributed by atoms with van der Waals surface area (Å²) in [6.45, 7) is 6.05. The van der Waals surface area contributed by atoms with Crippen molar-refractivity contribution in [1.29, 1.82) is 0 Å². The van der Waals surface area contributed by atoms with Crippen molar-refractivity contribution in [3.05, 3.63) is 65.7 Å². The van der Waals surface area contributed by atoms with Gasteiger partial charge < -0.3 is 10.6 Å². The fourth-order valence-electron chi connectivity index (χ4n) is 1.31. The summed E-state index contributed by atoms with van der Waals surface area (Å²) in [5, 5.41) is 6.10. The molecule has 0 saturated carbocycles. The largest absolute Gasteiger partial charge is 0.334 e. The van der Waals surface area contributed by atoms with Crippen molar-refractivity contribution in [2.24, 2.45) is 0 Å². The van der Waals surface area contributed by atoms with Gasteiger partial charge in [0.05, 0.1) is 0 Å². The van der Waals surface area contributed by atoms with Crippen LogP contribution in [0.25, 0.3) is 0 Å². The van der Waals surface area contributed by atoms with Gasteiger partial charge in [-0.25, -0.2) is 4.79 Å². The number of urea groups is 1. The average Bonchev–Trinajstić information content (AvgIpc) is 2.42. The quantitative estimate of drug-likeness (QED) is 0.780. The van der Waals surface area contributed by atoms with Gasteiger partial charge in [0, 0.05) is 17.3 Å². The Morgan fingerprint density at radius 2 is 2.05 bits per heavy atom. The Kier molecular flexibility index (Phi) is 6.47. The molecular formula is C15H17ClN2O. The monoisotopic (exact) mass is 276 g/mol. The van der Waals surface area contributed by atoms with Gasteiger partial charge in [-0.05, 0) is 36.8 Å². The number of anilines is 1. The van der Waals surface area contributed by atoms with Crippen LogP contribution in [-0.2, 0) is 0 Å². The molecule has 0 aliphatic heterocycles. The van der Waals surface area contributed by atoms with E-state index in [1.54, 1.807) is 30.3 Å².